The second-order valence-corrected chi connectivity index (χ2v) is 9.95. The molecule has 5 nitrogen and oxygen atoms in total. The molecule has 2 aromatic rings. The molecule has 31 heavy (non-hydrogen) atoms. The van der Waals surface area contributed by atoms with E-state index in [1.165, 1.54) is 30.8 Å². The van der Waals surface area contributed by atoms with Crippen LogP contribution in [0.15, 0.2) is 30.5 Å². The van der Waals surface area contributed by atoms with E-state index in [0.717, 1.165) is 38.3 Å². The number of rotatable bonds is 8. The third-order valence-corrected chi connectivity index (χ3v) is 6.50. The molecule has 0 spiro atoms. The van der Waals surface area contributed by atoms with E-state index in [9.17, 15) is 0 Å². The highest BCUT2D eigenvalue weighted by Gasteiger charge is 2.26. The maximum Gasteiger partial charge on any atom is 0.179 e. The molecule has 4 rings (SSSR count). The minimum atomic E-state index is 0.622. The van der Waals surface area contributed by atoms with Gasteiger partial charge in [-0.1, -0.05) is 25.4 Å². The van der Waals surface area contributed by atoms with Crippen LogP contribution in [0.2, 0.25) is 5.02 Å². The molecule has 0 aliphatic carbocycles. The summed E-state index contributed by atoms with van der Waals surface area (Å²) in [6.07, 6.45) is 4.29. The van der Waals surface area contributed by atoms with Gasteiger partial charge in [-0.25, -0.2) is 0 Å². The minimum absolute atomic E-state index is 0.622. The average Bonchev–Trinajstić information content (AvgIpc) is 3.23. The summed E-state index contributed by atoms with van der Waals surface area (Å²) in [5.74, 6) is 2.82. The third-order valence-electron chi connectivity index (χ3n) is 6.21. The number of aryl methyl sites for hydroxylation is 1. The maximum atomic E-state index is 6.55. The Morgan fingerprint density at radius 1 is 1.23 bits per heavy atom. The first-order valence-corrected chi connectivity index (χ1v) is 12.0. The van der Waals surface area contributed by atoms with Crippen molar-refractivity contribution in [1.29, 1.82) is 0 Å². The van der Waals surface area contributed by atoms with Gasteiger partial charge >= 0.3 is 0 Å². The fourth-order valence-corrected chi connectivity index (χ4v) is 5.10. The second kappa shape index (κ2) is 10.3. The van der Waals surface area contributed by atoms with Crippen molar-refractivity contribution in [1.82, 2.24) is 14.4 Å². The van der Waals surface area contributed by atoms with E-state index in [1.807, 2.05) is 0 Å². The predicted molar refractivity (Wildman–Crippen MR) is 126 cm³/mol. The van der Waals surface area contributed by atoms with Crippen molar-refractivity contribution in [3.63, 3.8) is 0 Å². The highest BCUT2D eigenvalue weighted by Crippen LogP contribution is 2.38. The molecular formula is C25H36ClN3O2. The number of nitrogens with zero attached hydrogens (tertiary/aromatic N) is 3. The molecule has 1 saturated heterocycles. The number of likely N-dealkylation sites (tertiary alicyclic amines) is 1. The number of halogens is 1. The van der Waals surface area contributed by atoms with Gasteiger partial charge in [0, 0.05) is 58.1 Å². The monoisotopic (exact) mass is 445 g/mol. The smallest absolute Gasteiger partial charge is 0.179 e. The molecule has 1 unspecified atom stereocenters. The molecule has 1 aromatic carbocycles. The molecule has 6 heteroatoms. The van der Waals surface area contributed by atoms with Crippen molar-refractivity contribution in [2.24, 2.45) is 18.9 Å². The molecule has 2 aliphatic heterocycles. The van der Waals surface area contributed by atoms with Gasteiger partial charge in [-0.3, -0.25) is 9.80 Å². The van der Waals surface area contributed by atoms with Gasteiger partial charge < -0.3 is 14.0 Å². The van der Waals surface area contributed by atoms with E-state index in [1.54, 1.807) is 0 Å². The van der Waals surface area contributed by atoms with Crippen molar-refractivity contribution in [2.75, 3.05) is 39.4 Å². The summed E-state index contributed by atoms with van der Waals surface area (Å²) in [5.41, 5.74) is 2.59. The van der Waals surface area contributed by atoms with Gasteiger partial charge in [0.15, 0.2) is 11.5 Å². The molecule has 0 N–H and O–H groups in total. The Morgan fingerprint density at radius 3 is 2.84 bits per heavy atom. The van der Waals surface area contributed by atoms with Gasteiger partial charge in [0.25, 0.3) is 0 Å². The number of fused-ring (bicyclic) bond motifs is 1. The largest absolute Gasteiger partial charge is 0.489 e. The fraction of sp³-hybridized carbons (Fsp3) is 0.600. The van der Waals surface area contributed by atoms with Crippen LogP contribution in [0, 0.1) is 11.8 Å². The van der Waals surface area contributed by atoms with Crippen molar-refractivity contribution in [3.8, 4) is 11.5 Å². The Bertz CT molecular complexity index is 866. The van der Waals surface area contributed by atoms with E-state index in [-0.39, 0.29) is 0 Å². The zero-order valence-corrected chi connectivity index (χ0v) is 19.9. The summed E-state index contributed by atoms with van der Waals surface area (Å²) in [7, 11) is 2.13. The molecule has 0 amide bonds. The van der Waals surface area contributed by atoms with Crippen LogP contribution in [0.1, 0.15) is 37.9 Å². The van der Waals surface area contributed by atoms with Crippen molar-refractivity contribution in [3.05, 3.63) is 46.7 Å². The van der Waals surface area contributed by atoms with Gasteiger partial charge in [-0.2, -0.15) is 0 Å². The first-order valence-electron chi connectivity index (χ1n) is 11.6. The number of ether oxygens (including phenoxy) is 2. The highest BCUT2D eigenvalue weighted by molar-refractivity contribution is 6.32. The van der Waals surface area contributed by atoms with E-state index in [4.69, 9.17) is 21.1 Å². The Labute approximate surface area is 191 Å². The average molecular weight is 446 g/mol. The lowest BCUT2D eigenvalue weighted by atomic mass is 10.1. The lowest BCUT2D eigenvalue weighted by Gasteiger charge is -2.28. The molecular weight excluding hydrogens is 410 g/mol. The van der Waals surface area contributed by atoms with Gasteiger partial charge in [-0.15, -0.1) is 0 Å². The number of hydrogen-bond acceptors (Lipinski definition) is 4. The van der Waals surface area contributed by atoms with Crippen LogP contribution >= 0.6 is 11.6 Å². The van der Waals surface area contributed by atoms with Crippen molar-refractivity contribution in [2.45, 2.75) is 39.8 Å². The molecule has 1 fully saturated rings. The highest BCUT2D eigenvalue weighted by atomic mass is 35.5. The van der Waals surface area contributed by atoms with Crippen LogP contribution in [0.25, 0.3) is 0 Å². The maximum absolute atomic E-state index is 6.55. The standard InChI is InChI=1S/C25H36ClN3O2/c1-19(2)14-29(16-20-7-9-28(15-20)18-22-6-4-8-27(22)3)17-21-12-23(26)25-24(13-21)30-10-5-11-31-25/h4,6,8,12-13,19-20H,5,7,9-11,14-18H2,1-3H3. The van der Waals surface area contributed by atoms with E-state index >= 15 is 0 Å². The van der Waals surface area contributed by atoms with Gasteiger partial charge in [0.2, 0.25) is 0 Å². The van der Waals surface area contributed by atoms with E-state index in [0.29, 0.717) is 35.8 Å². The first-order chi connectivity index (χ1) is 15.0. The first kappa shape index (κ1) is 22.5. The quantitative estimate of drug-likeness (QED) is 0.582. The molecule has 3 heterocycles. The Hall–Kier alpha value is -1.69. The van der Waals surface area contributed by atoms with Crippen molar-refractivity contribution < 1.29 is 9.47 Å². The summed E-state index contributed by atoms with van der Waals surface area (Å²) in [4.78, 5) is 5.19. The SMILES string of the molecule is CC(C)CN(Cc1cc(Cl)c2c(c1)OCCCO2)CC1CCN(Cc2cccn2C)C1. The molecule has 0 saturated carbocycles. The van der Waals surface area contributed by atoms with Crippen LogP contribution in [-0.2, 0) is 20.1 Å². The molecule has 2 aliphatic rings. The summed E-state index contributed by atoms with van der Waals surface area (Å²) in [6, 6.07) is 8.54. The fourth-order valence-electron chi connectivity index (χ4n) is 4.81. The van der Waals surface area contributed by atoms with E-state index in [2.05, 4.69) is 65.7 Å². The topological polar surface area (TPSA) is 29.9 Å². The van der Waals surface area contributed by atoms with Crippen LogP contribution in [-0.4, -0.2) is 53.8 Å². The zero-order chi connectivity index (χ0) is 21.8. The molecule has 0 radical (unpaired) electrons. The normalized spacial score (nSPS) is 19.4. The molecule has 1 atom stereocenters. The van der Waals surface area contributed by atoms with E-state index < -0.39 is 0 Å². The number of hydrogen-bond donors (Lipinski definition) is 0. The van der Waals surface area contributed by atoms with Crippen LogP contribution in [0.4, 0.5) is 0 Å². The molecule has 1 aromatic heterocycles. The lowest BCUT2D eigenvalue weighted by molar-refractivity contribution is 0.196. The summed E-state index contributed by atoms with van der Waals surface area (Å²) < 4.78 is 13.9. The lowest BCUT2D eigenvalue weighted by Crippen LogP contribution is -2.33. The molecule has 170 valence electrons. The predicted octanol–water partition coefficient (Wildman–Crippen LogP) is 4.82. The summed E-state index contributed by atoms with van der Waals surface area (Å²) in [5, 5.41) is 0.661. The van der Waals surface area contributed by atoms with Crippen LogP contribution in [0.3, 0.4) is 0 Å². The minimum Gasteiger partial charge on any atom is -0.489 e. The zero-order valence-electron chi connectivity index (χ0n) is 19.1. The van der Waals surface area contributed by atoms with Crippen LogP contribution < -0.4 is 9.47 Å². The van der Waals surface area contributed by atoms with Gasteiger partial charge in [0.1, 0.15) is 0 Å². The Kier molecular flexibility index (Phi) is 7.47. The number of aromatic nitrogens is 1. The molecule has 0 bridgehead atoms. The third kappa shape index (κ3) is 5.97. The Balaban J connectivity index is 1.39. The number of benzene rings is 1. The summed E-state index contributed by atoms with van der Waals surface area (Å²) in [6.45, 7) is 12.4. The second-order valence-electron chi connectivity index (χ2n) is 9.54. The van der Waals surface area contributed by atoms with Crippen LogP contribution in [0.5, 0.6) is 11.5 Å². The van der Waals surface area contributed by atoms with Crippen molar-refractivity contribution >= 4 is 11.6 Å². The van der Waals surface area contributed by atoms with Gasteiger partial charge in [-0.05, 0) is 54.6 Å². The Morgan fingerprint density at radius 2 is 2.06 bits per heavy atom. The summed E-state index contributed by atoms with van der Waals surface area (Å²) >= 11 is 6.55. The van der Waals surface area contributed by atoms with Gasteiger partial charge in [0.05, 0.1) is 18.2 Å².